The normalized spacial score (nSPS) is 11.0. The van der Waals surface area contributed by atoms with Crippen LogP contribution < -0.4 is 0 Å². The minimum Gasteiger partial charge on any atom is -0.443 e. The molecule has 1 aromatic heterocycles. The van der Waals surface area contributed by atoms with Crippen molar-refractivity contribution in [1.82, 2.24) is 14.8 Å². The average Bonchev–Trinajstić information content (AvgIpc) is 2.85. The zero-order chi connectivity index (χ0) is 16.3. The van der Waals surface area contributed by atoms with Gasteiger partial charge in [0.15, 0.2) is 12.6 Å². The third-order valence-electron chi connectivity index (χ3n) is 3.12. The van der Waals surface area contributed by atoms with Crippen molar-refractivity contribution in [2.24, 2.45) is 5.41 Å². The van der Waals surface area contributed by atoms with Crippen molar-refractivity contribution >= 4 is 5.97 Å². The SMILES string of the molecule is Cc1nnc(-c2cccc(C#N)c2)n1COC(=O)C(C)(C)C. The maximum absolute atomic E-state index is 11.9. The molecule has 0 amide bonds. The van der Waals surface area contributed by atoms with Crippen molar-refractivity contribution in [3.8, 4) is 17.5 Å². The van der Waals surface area contributed by atoms with E-state index in [4.69, 9.17) is 10.00 Å². The van der Waals surface area contributed by atoms with Crippen LogP contribution in [0.4, 0.5) is 0 Å². The molecular formula is C16H18N4O2. The van der Waals surface area contributed by atoms with E-state index in [1.54, 1.807) is 50.5 Å². The minimum atomic E-state index is -0.567. The topological polar surface area (TPSA) is 80.8 Å². The van der Waals surface area contributed by atoms with Crippen molar-refractivity contribution < 1.29 is 9.53 Å². The highest BCUT2D eigenvalue weighted by Gasteiger charge is 2.23. The molecule has 0 saturated heterocycles. The van der Waals surface area contributed by atoms with Gasteiger partial charge >= 0.3 is 5.97 Å². The summed E-state index contributed by atoms with van der Waals surface area (Å²) in [4.78, 5) is 11.9. The first kappa shape index (κ1) is 15.7. The van der Waals surface area contributed by atoms with Crippen LogP contribution in [0.5, 0.6) is 0 Å². The molecule has 0 bridgehead atoms. The summed E-state index contributed by atoms with van der Waals surface area (Å²) in [5, 5.41) is 17.1. The molecule has 0 aliphatic carbocycles. The number of hydrogen-bond acceptors (Lipinski definition) is 5. The molecule has 0 fully saturated rings. The molecule has 0 unspecified atom stereocenters. The Morgan fingerprint density at radius 2 is 2.09 bits per heavy atom. The molecule has 1 aromatic carbocycles. The van der Waals surface area contributed by atoms with Crippen molar-refractivity contribution in [3.63, 3.8) is 0 Å². The lowest BCUT2D eigenvalue weighted by Crippen LogP contribution is -2.24. The van der Waals surface area contributed by atoms with Crippen LogP contribution in [0.25, 0.3) is 11.4 Å². The Balaban J connectivity index is 2.29. The molecule has 0 atom stereocenters. The number of rotatable bonds is 3. The zero-order valence-electron chi connectivity index (χ0n) is 13.1. The van der Waals surface area contributed by atoms with E-state index in [9.17, 15) is 4.79 Å². The van der Waals surface area contributed by atoms with Crippen molar-refractivity contribution in [1.29, 1.82) is 5.26 Å². The average molecular weight is 298 g/mol. The number of hydrogen-bond donors (Lipinski definition) is 0. The molecule has 2 aromatic rings. The Bertz CT molecular complexity index is 735. The van der Waals surface area contributed by atoms with E-state index in [1.807, 2.05) is 6.07 Å². The van der Waals surface area contributed by atoms with E-state index in [0.717, 1.165) is 5.56 Å². The Hall–Kier alpha value is -2.68. The lowest BCUT2D eigenvalue weighted by atomic mass is 9.98. The second kappa shape index (κ2) is 5.98. The number of esters is 1. The standard InChI is InChI=1S/C16H18N4O2/c1-11-18-19-14(13-7-5-6-12(8-13)9-17)20(11)10-22-15(21)16(2,3)4/h5-8H,10H2,1-4H3. The predicted octanol–water partition coefficient (Wildman–Crippen LogP) is 2.67. The van der Waals surface area contributed by atoms with Gasteiger partial charge in [-0.05, 0) is 39.8 Å². The van der Waals surface area contributed by atoms with Crippen LogP contribution in [0.3, 0.4) is 0 Å². The molecule has 0 radical (unpaired) electrons. The Morgan fingerprint density at radius 3 is 2.73 bits per heavy atom. The summed E-state index contributed by atoms with van der Waals surface area (Å²) >= 11 is 0. The van der Waals surface area contributed by atoms with Gasteiger partial charge in [0.25, 0.3) is 0 Å². The molecule has 0 aliphatic heterocycles. The Labute approximate surface area is 129 Å². The molecule has 22 heavy (non-hydrogen) atoms. The van der Waals surface area contributed by atoms with Crippen LogP contribution in [0.2, 0.25) is 0 Å². The zero-order valence-corrected chi connectivity index (χ0v) is 13.1. The fraction of sp³-hybridized carbons (Fsp3) is 0.375. The predicted molar refractivity (Wildman–Crippen MR) is 80.5 cm³/mol. The summed E-state index contributed by atoms with van der Waals surface area (Å²) in [6.45, 7) is 7.22. The number of nitriles is 1. The van der Waals surface area contributed by atoms with Gasteiger partial charge in [-0.25, -0.2) is 0 Å². The third-order valence-corrected chi connectivity index (χ3v) is 3.12. The Kier molecular flexibility index (Phi) is 4.27. The van der Waals surface area contributed by atoms with Crippen molar-refractivity contribution in [3.05, 3.63) is 35.7 Å². The highest BCUT2D eigenvalue weighted by Crippen LogP contribution is 2.21. The molecule has 0 spiro atoms. The van der Waals surface area contributed by atoms with E-state index in [-0.39, 0.29) is 12.7 Å². The molecule has 1 heterocycles. The molecule has 114 valence electrons. The third kappa shape index (κ3) is 3.31. The number of aryl methyl sites for hydroxylation is 1. The second-order valence-corrected chi connectivity index (χ2v) is 6.00. The van der Waals surface area contributed by atoms with Crippen LogP contribution in [-0.4, -0.2) is 20.7 Å². The molecule has 0 N–H and O–H groups in total. The molecule has 6 heteroatoms. The van der Waals surface area contributed by atoms with Gasteiger partial charge in [-0.2, -0.15) is 5.26 Å². The smallest absolute Gasteiger partial charge is 0.312 e. The summed E-state index contributed by atoms with van der Waals surface area (Å²) < 4.78 is 7.04. The number of ether oxygens (including phenoxy) is 1. The summed E-state index contributed by atoms with van der Waals surface area (Å²) in [7, 11) is 0. The van der Waals surface area contributed by atoms with Gasteiger partial charge in [0.2, 0.25) is 0 Å². The van der Waals surface area contributed by atoms with Crippen LogP contribution in [0.1, 0.15) is 32.2 Å². The quantitative estimate of drug-likeness (QED) is 0.814. The van der Waals surface area contributed by atoms with E-state index in [1.165, 1.54) is 0 Å². The number of carbonyl (C=O) groups excluding carboxylic acids is 1. The maximum Gasteiger partial charge on any atom is 0.312 e. The highest BCUT2D eigenvalue weighted by molar-refractivity contribution is 5.75. The molecular weight excluding hydrogens is 280 g/mol. The first-order chi connectivity index (χ1) is 10.3. The highest BCUT2D eigenvalue weighted by atomic mass is 16.5. The molecule has 0 aliphatic rings. The monoisotopic (exact) mass is 298 g/mol. The van der Waals surface area contributed by atoms with Gasteiger partial charge in [-0.1, -0.05) is 12.1 Å². The maximum atomic E-state index is 11.9. The largest absolute Gasteiger partial charge is 0.443 e. The van der Waals surface area contributed by atoms with Crippen LogP contribution >= 0.6 is 0 Å². The van der Waals surface area contributed by atoms with Gasteiger partial charge in [0.1, 0.15) is 5.82 Å². The first-order valence-electron chi connectivity index (χ1n) is 6.90. The fourth-order valence-electron chi connectivity index (χ4n) is 1.82. The van der Waals surface area contributed by atoms with Gasteiger partial charge in [-0.3, -0.25) is 9.36 Å². The number of nitrogens with zero attached hydrogens (tertiary/aromatic N) is 4. The summed E-state index contributed by atoms with van der Waals surface area (Å²) in [5.41, 5.74) is 0.728. The second-order valence-electron chi connectivity index (χ2n) is 6.00. The van der Waals surface area contributed by atoms with Crippen molar-refractivity contribution in [2.45, 2.75) is 34.4 Å². The molecule has 0 saturated carbocycles. The van der Waals surface area contributed by atoms with Crippen LogP contribution in [-0.2, 0) is 16.3 Å². The number of carbonyl (C=O) groups is 1. The molecule has 2 rings (SSSR count). The summed E-state index contributed by atoms with van der Waals surface area (Å²) in [6.07, 6.45) is 0. The van der Waals surface area contributed by atoms with Gasteiger partial charge in [0, 0.05) is 5.56 Å². The van der Waals surface area contributed by atoms with E-state index >= 15 is 0 Å². The van der Waals surface area contributed by atoms with E-state index < -0.39 is 5.41 Å². The summed E-state index contributed by atoms with van der Waals surface area (Å²) in [5.74, 6) is 0.910. The van der Waals surface area contributed by atoms with Crippen LogP contribution in [0.15, 0.2) is 24.3 Å². The summed E-state index contributed by atoms with van der Waals surface area (Å²) in [6, 6.07) is 9.16. The Morgan fingerprint density at radius 1 is 1.36 bits per heavy atom. The number of aromatic nitrogens is 3. The lowest BCUT2D eigenvalue weighted by molar-refractivity contribution is -0.156. The van der Waals surface area contributed by atoms with Crippen molar-refractivity contribution in [2.75, 3.05) is 0 Å². The molecule has 6 nitrogen and oxygen atoms in total. The van der Waals surface area contributed by atoms with Gasteiger partial charge < -0.3 is 4.74 Å². The lowest BCUT2D eigenvalue weighted by Gasteiger charge is -2.17. The van der Waals surface area contributed by atoms with Crippen LogP contribution in [0, 0.1) is 23.7 Å². The number of benzene rings is 1. The first-order valence-corrected chi connectivity index (χ1v) is 6.90. The minimum absolute atomic E-state index is 0.0427. The van der Waals surface area contributed by atoms with E-state index in [0.29, 0.717) is 17.2 Å². The van der Waals surface area contributed by atoms with Gasteiger partial charge in [0.05, 0.1) is 17.0 Å². The van der Waals surface area contributed by atoms with E-state index in [2.05, 4.69) is 16.3 Å². The fourth-order valence-corrected chi connectivity index (χ4v) is 1.82. The van der Waals surface area contributed by atoms with Gasteiger partial charge in [-0.15, -0.1) is 10.2 Å².